The second-order valence-corrected chi connectivity index (χ2v) is 4.87. The van der Waals surface area contributed by atoms with Gasteiger partial charge in [0.1, 0.15) is 5.58 Å². The van der Waals surface area contributed by atoms with Gasteiger partial charge in [0.05, 0.1) is 7.11 Å². The number of benzene rings is 2. The third kappa shape index (κ3) is 3.23. The summed E-state index contributed by atoms with van der Waals surface area (Å²) in [7, 11) is 1.51. The lowest BCUT2D eigenvalue weighted by molar-refractivity contribution is 0.0919. The molecule has 0 radical (unpaired) electrons. The van der Waals surface area contributed by atoms with Gasteiger partial charge < -0.3 is 13.9 Å². The van der Waals surface area contributed by atoms with E-state index in [1.165, 1.54) is 13.2 Å². The van der Waals surface area contributed by atoms with Crippen molar-refractivity contribution in [2.75, 3.05) is 13.7 Å². The highest BCUT2D eigenvalue weighted by Gasteiger charge is 2.12. The molecule has 0 aliphatic carbocycles. The number of hydrogen-bond donors (Lipinski definition) is 0. The molecular weight excluding hydrogens is 296 g/mol. The van der Waals surface area contributed by atoms with Crippen molar-refractivity contribution >= 4 is 16.8 Å². The maximum atomic E-state index is 12.1. The van der Waals surface area contributed by atoms with Crippen LogP contribution in [0.2, 0.25) is 0 Å². The second-order valence-electron chi connectivity index (χ2n) is 4.87. The van der Waals surface area contributed by atoms with Crippen LogP contribution in [-0.2, 0) is 0 Å². The summed E-state index contributed by atoms with van der Waals surface area (Å²) in [5.41, 5.74) is 0.494. The summed E-state index contributed by atoms with van der Waals surface area (Å²) >= 11 is 0. The molecule has 2 aromatic carbocycles. The zero-order chi connectivity index (χ0) is 16.2. The summed E-state index contributed by atoms with van der Waals surface area (Å²) in [6.45, 7) is -0.136. The van der Waals surface area contributed by atoms with Crippen LogP contribution in [0.25, 0.3) is 11.0 Å². The van der Waals surface area contributed by atoms with Gasteiger partial charge in [0.2, 0.25) is 0 Å². The fourth-order valence-corrected chi connectivity index (χ4v) is 2.20. The summed E-state index contributed by atoms with van der Waals surface area (Å²) < 4.78 is 15.9. The highest BCUT2D eigenvalue weighted by molar-refractivity contribution is 5.97. The molecule has 0 aliphatic rings. The van der Waals surface area contributed by atoms with E-state index in [9.17, 15) is 9.59 Å². The van der Waals surface area contributed by atoms with Crippen molar-refractivity contribution in [3.63, 3.8) is 0 Å². The second kappa shape index (κ2) is 6.36. The molecule has 0 amide bonds. The first-order valence-corrected chi connectivity index (χ1v) is 7.00. The maximum absolute atomic E-state index is 12.1. The Morgan fingerprint density at radius 1 is 1.04 bits per heavy atom. The minimum absolute atomic E-state index is 0.136. The van der Waals surface area contributed by atoms with Crippen molar-refractivity contribution in [1.82, 2.24) is 0 Å². The lowest BCUT2D eigenvalue weighted by atomic mass is 10.1. The van der Waals surface area contributed by atoms with E-state index in [1.807, 2.05) is 6.07 Å². The predicted octanol–water partition coefficient (Wildman–Crippen LogP) is 3.06. The third-order valence-electron chi connectivity index (χ3n) is 3.36. The van der Waals surface area contributed by atoms with Crippen molar-refractivity contribution in [2.45, 2.75) is 0 Å². The quantitative estimate of drug-likeness (QED) is 0.535. The Balaban J connectivity index is 1.87. The van der Waals surface area contributed by atoms with Gasteiger partial charge in [0.15, 0.2) is 23.9 Å². The minimum Gasteiger partial charge on any atom is -0.493 e. The molecule has 0 saturated heterocycles. The van der Waals surface area contributed by atoms with Crippen LogP contribution >= 0.6 is 0 Å². The first-order chi connectivity index (χ1) is 11.2. The monoisotopic (exact) mass is 310 g/mol. The lowest BCUT2D eigenvalue weighted by Crippen LogP contribution is -2.12. The Morgan fingerprint density at radius 2 is 1.83 bits per heavy atom. The summed E-state index contributed by atoms with van der Waals surface area (Å²) in [5, 5.41) is 0.711. The molecule has 3 rings (SSSR count). The van der Waals surface area contributed by atoms with Crippen molar-refractivity contribution in [3.05, 3.63) is 70.6 Å². The molecule has 5 nitrogen and oxygen atoms in total. The summed E-state index contributed by atoms with van der Waals surface area (Å²) in [6.07, 6.45) is 0. The molecule has 5 heteroatoms. The van der Waals surface area contributed by atoms with Crippen LogP contribution in [0.4, 0.5) is 0 Å². The van der Waals surface area contributed by atoms with E-state index in [1.54, 1.807) is 42.5 Å². The normalized spacial score (nSPS) is 10.5. The molecule has 0 aliphatic heterocycles. The van der Waals surface area contributed by atoms with E-state index < -0.39 is 5.63 Å². The Labute approximate surface area is 132 Å². The Hall–Kier alpha value is -3.08. The standard InChI is InChI=1S/C18H14O5/c1-21-16-9-13-7-8-18(20)23-15(13)10-17(16)22-11-14(19)12-5-3-2-4-6-12/h2-10H,11H2,1H3. The zero-order valence-corrected chi connectivity index (χ0v) is 12.4. The van der Waals surface area contributed by atoms with E-state index in [0.717, 1.165) is 0 Å². The highest BCUT2D eigenvalue weighted by atomic mass is 16.5. The zero-order valence-electron chi connectivity index (χ0n) is 12.4. The van der Waals surface area contributed by atoms with Gasteiger partial charge in [-0.3, -0.25) is 4.79 Å². The molecule has 23 heavy (non-hydrogen) atoms. The SMILES string of the molecule is COc1cc2ccc(=O)oc2cc1OCC(=O)c1ccccc1. The fraction of sp³-hybridized carbons (Fsp3) is 0.111. The number of carbonyl (C=O) groups is 1. The number of ketones is 1. The molecule has 116 valence electrons. The first kappa shape index (κ1) is 14.8. The van der Waals surface area contributed by atoms with Gasteiger partial charge in [-0.15, -0.1) is 0 Å². The Bertz CT molecular complexity index is 896. The molecule has 0 saturated carbocycles. The van der Waals surface area contributed by atoms with Gasteiger partial charge in [-0.25, -0.2) is 4.79 Å². The van der Waals surface area contributed by atoms with Crippen LogP contribution in [0.5, 0.6) is 11.5 Å². The van der Waals surface area contributed by atoms with Crippen LogP contribution in [0.1, 0.15) is 10.4 Å². The third-order valence-corrected chi connectivity index (χ3v) is 3.36. The van der Waals surface area contributed by atoms with Gasteiger partial charge in [-0.05, 0) is 12.1 Å². The smallest absolute Gasteiger partial charge is 0.336 e. The van der Waals surface area contributed by atoms with Gasteiger partial charge in [-0.2, -0.15) is 0 Å². The van der Waals surface area contributed by atoms with Crippen LogP contribution in [0.3, 0.4) is 0 Å². The molecule has 0 N–H and O–H groups in total. The number of hydrogen-bond acceptors (Lipinski definition) is 5. The molecule has 0 unspecified atom stereocenters. The molecule has 1 heterocycles. The Morgan fingerprint density at radius 3 is 2.57 bits per heavy atom. The van der Waals surface area contributed by atoms with Crippen LogP contribution in [-0.4, -0.2) is 19.5 Å². The van der Waals surface area contributed by atoms with Crippen LogP contribution < -0.4 is 15.1 Å². The number of Topliss-reactive ketones (excluding diaryl/α,β-unsaturated/α-hetero) is 1. The van der Waals surface area contributed by atoms with Crippen LogP contribution in [0.15, 0.2) is 63.8 Å². The molecule has 0 spiro atoms. The average Bonchev–Trinajstić information content (AvgIpc) is 2.59. The number of methoxy groups -OCH3 is 1. The molecule has 1 aromatic heterocycles. The number of ether oxygens (including phenoxy) is 2. The van der Waals surface area contributed by atoms with E-state index in [2.05, 4.69) is 0 Å². The molecule has 0 atom stereocenters. The lowest BCUT2D eigenvalue weighted by Gasteiger charge is -2.11. The van der Waals surface area contributed by atoms with E-state index in [4.69, 9.17) is 13.9 Å². The largest absolute Gasteiger partial charge is 0.493 e. The molecule has 3 aromatic rings. The van der Waals surface area contributed by atoms with Gasteiger partial charge in [0.25, 0.3) is 0 Å². The van der Waals surface area contributed by atoms with Crippen LogP contribution in [0, 0.1) is 0 Å². The van der Waals surface area contributed by atoms with Gasteiger partial charge >= 0.3 is 5.63 Å². The minimum atomic E-state index is -0.450. The van der Waals surface area contributed by atoms with Crippen molar-refractivity contribution in [1.29, 1.82) is 0 Å². The number of carbonyl (C=O) groups excluding carboxylic acids is 1. The maximum Gasteiger partial charge on any atom is 0.336 e. The predicted molar refractivity (Wildman–Crippen MR) is 85.3 cm³/mol. The van der Waals surface area contributed by atoms with E-state index >= 15 is 0 Å². The Kier molecular flexibility index (Phi) is 4.10. The van der Waals surface area contributed by atoms with Gasteiger partial charge in [-0.1, -0.05) is 30.3 Å². The van der Waals surface area contributed by atoms with E-state index in [-0.39, 0.29) is 12.4 Å². The molecule has 0 fully saturated rings. The van der Waals surface area contributed by atoms with E-state index in [0.29, 0.717) is 28.0 Å². The number of rotatable bonds is 5. The topological polar surface area (TPSA) is 65.7 Å². The van der Waals surface area contributed by atoms with Gasteiger partial charge in [0, 0.05) is 23.1 Å². The molecular formula is C18H14O5. The summed E-state index contributed by atoms with van der Waals surface area (Å²) in [4.78, 5) is 23.4. The fourth-order valence-electron chi connectivity index (χ4n) is 2.20. The summed E-state index contributed by atoms with van der Waals surface area (Å²) in [6, 6.07) is 15.1. The first-order valence-electron chi connectivity index (χ1n) is 7.00. The highest BCUT2D eigenvalue weighted by Crippen LogP contribution is 2.31. The van der Waals surface area contributed by atoms with Crippen molar-refractivity contribution < 1.29 is 18.7 Å². The average molecular weight is 310 g/mol. The van der Waals surface area contributed by atoms with Crippen molar-refractivity contribution in [3.8, 4) is 11.5 Å². The number of fused-ring (bicyclic) bond motifs is 1. The molecule has 0 bridgehead atoms. The summed E-state index contributed by atoms with van der Waals surface area (Å²) in [5.74, 6) is 0.660. The van der Waals surface area contributed by atoms with Crippen molar-refractivity contribution in [2.24, 2.45) is 0 Å².